The second-order valence-electron chi connectivity index (χ2n) is 7.30. The van der Waals surface area contributed by atoms with Gasteiger partial charge < -0.3 is 5.32 Å². The molecule has 0 bridgehead atoms. The van der Waals surface area contributed by atoms with E-state index in [0.29, 0.717) is 5.39 Å². The standard InChI is InChI=1S/C21H15Cl2N3O6S3.2C2H6/c1-34(29,30)14-4-2-12-8-9-26(20(27)15(12)11-14)17-5-3-13(10-16(17)22)24-21(28)25-35(31,32)19-7-6-18(23)33-19;2*1-2/h2-11H,1H3,(H2,24,25,28);2*1-2H3. The molecule has 2 aromatic carbocycles. The van der Waals surface area contributed by atoms with Gasteiger partial charge in [0.1, 0.15) is 4.21 Å². The topological polar surface area (TPSA) is 131 Å². The van der Waals surface area contributed by atoms with Crippen molar-refractivity contribution in [2.75, 3.05) is 11.6 Å². The summed E-state index contributed by atoms with van der Waals surface area (Å²) >= 11 is 12.9. The van der Waals surface area contributed by atoms with Crippen LogP contribution in [0.3, 0.4) is 0 Å². The highest BCUT2D eigenvalue weighted by Gasteiger charge is 2.20. The Morgan fingerprint density at radius 1 is 0.897 bits per heavy atom. The van der Waals surface area contributed by atoms with Crippen LogP contribution in [0.25, 0.3) is 16.5 Å². The average Bonchev–Trinajstić information content (AvgIpc) is 3.34. The molecule has 2 aromatic heterocycles. The van der Waals surface area contributed by atoms with E-state index in [0.717, 1.165) is 17.6 Å². The van der Waals surface area contributed by atoms with Crippen molar-refractivity contribution in [3.63, 3.8) is 0 Å². The Morgan fingerprint density at radius 3 is 2.13 bits per heavy atom. The number of sulfonamides is 1. The van der Waals surface area contributed by atoms with Crippen molar-refractivity contribution in [1.29, 1.82) is 0 Å². The summed E-state index contributed by atoms with van der Waals surface area (Å²) in [5.74, 6) is 0. The Labute approximate surface area is 241 Å². The zero-order valence-electron chi connectivity index (χ0n) is 21.7. The Balaban J connectivity index is 0.00000127. The molecule has 0 saturated carbocycles. The van der Waals surface area contributed by atoms with Crippen LogP contribution in [0.15, 0.2) is 74.7 Å². The number of amides is 2. The van der Waals surface area contributed by atoms with Gasteiger partial charge in [0.05, 0.1) is 19.9 Å². The van der Waals surface area contributed by atoms with Crippen LogP contribution in [0.2, 0.25) is 9.36 Å². The fourth-order valence-electron chi connectivity index (χ4n) is 3.19. The lowest BCUT2D eigenvalue weighted by Gasteiger charge is -2.12. The largest absolute Gasteiger partial charge is 0.333 e. The van der Waals surface area contributed by atoms with Crippen LogP contribution < -0.4 is 15.6 Å². The van der Waals surface area contributed by atoms with E-state index in [9.17, 15) is 26.4 Å². The molecular formula is C25H27Cl2N3O6S3. The number of aromatic nitrogens is 1. The number of halogens is 2. The number of pyridine rings is 1. The van der Waals surface area contributed by atoms with E-state index in [-0.39, 0.29) is 35.2 Å². The summed E-state index contributed by atoms with van der Waals surface area (Å²) in [4.78, 5) is 25.3. The summed E-state index contributed by atoms with van der Waals surface area (Å²) in [5, 5.41) is 3.19. The maximum Gasteiger partial charge on any atom is 0.333 e. The molecule has 0 aliphatic carbocycles. The van der Waals surface area contributed by atoms with E-state index < -0.39 is 31.5 Å². The lowest BCUT2D eigenvalue weighted by atomic mass is 10.1. The summed E-state index contributed by atoms with van der Waals surface area (Å²) in [6.07, 6.45) is 2.54. The van der Waals surface area contributed by atoms with E-state index in [4.69, 9.17) is 23.2 Å². The van der Waals surface area contributed by atoms with Crippen molar-refractivity contribution in [2.24, 2.45) is 0 Å². The third kappa shape index (κ3) is 7.83. The maximum absolute atomic E-state index is 13.1. The zero-order valence-corrected chi connectivity index (χ0v) is 25.6. The number of anilines is 1. The van der Waals surface area contributed by atoms with Crippen molar-refractivity contribution in [1.82, 2.24) is 9.29 Å². The first-order chi connectivity index (χ1) is 18.3. The molecule has 4 rings (SSSR count). The number of urea groups is 1. The number of thiophene rings is 1. The molecule has 39 heavy (non-hydrogen) atoms. The molecule has 210 valence electrons. The molecular weight excluding hydrogens is 605 g/mol. The molecule has 9 nitrogen and oxygen atoms in total. The number of benzene rings is 2. The number of sulfone groups is 1. The van der Waals surface area contributed by atoms with Crippen molar-refractivity contribution < 1.29 is 21.6 Å². The molecule has 0 aliphatic heterocycles. The minimum absolute atomic E-state index is 0.0104. The quantitative estimate of drug-likeness (QED) is 0.265. The molecule has 0 saturated heterocycles. The highest BCUT2D eigenvalue weighted by molar-refractivity contribution is 7.92. The second-order valence-corrected chi connectivity index (χ2v) is 13.3. The Kier molecular flexibility index (Phi) is 11.1. The van der Waals surface area contributed by atoms with Crippen molar-refractivity contribution >= 4 is 76.9 Å². The fourth-order valence-corrected chi connectivity index (χ4v) is 6.50. The third-order valence-electron chi connectivity index (χ3n) is 4.81. The van der Waals surface area contributed by atoms with E-state index in [1.54, 1.807) is 12.1 Å². The number of rotatable bonds is 5. The van der Waals surface area contributed by atoms with Gasteiger partial charge in [-0.1, -0.05) is 57.0 Å². The summed E-state index contributed by atoms with van der Waals surface area (Å²) in [6.45, 7) is 8.00. The molecule has 14 heteroatoms. The van der Waals surface area contributed by atoms with Crippen molar-refractivity contribution in [3.8, 4) is 5.69 Å². The monoisotopic (exact) mass is 631 g/mol. The Morgan fingerprint density at radius 2 is 1.56 bits per heavy atom. The third-order valence-corrected chi connectivity index (χ3v) is 9.28. The first kappa shape index (κ1) is 32.3. The van der Waals surface area contributed by atoms with Crippen molar-refractivity contribution in [2.45, 2.75) is 36.8 Å². The van der Waals surface area contributed by atoms with Gasteiger partial charge in [0, 0.05) is 23.5 Å². The van der Waals surface area contributed by atoms with Gasteiger partial charge in [-0.05, 0) is 53.9 Å². The van der Waals surface area contributed by atoms with Crippen LogP contribution in [0.1, 0.15) is 27.7 Å². The first-order valence-electron chi connectivity index (χ1n) is 11.6. The smallest absolute Gasteiger partial charge is 0.307 e. The highest BCUT2D eigenvalue weighted by atomic mass is 35.5. The summed E-state index contributed by atoms with van der Waals surface area (Å²) in [7, 11) is -7.62. The van der Waals surface area contributed by atoms with Gasteiger partial charge in [-0.25, -0.2) is 26.4 Å². The molecule has 0 spiro atoms. The Hall–Kier alpha value is -2.90. The number of hydrogen-bond donors (Lipinski definition) is 2. The fraction of sp³-hybridized carbons (Fsp3) is 0.200. The van der Waals surface area contributed by atoms with Gasteiger partial charge in [-0.3, -0.25) is 9.36 Å². The molecule has 0 radical (unpaired) electrons. The molecule has 4 aromatic rings. The van der Waals surface area contributed by atoms with Crippen LogP contribution in [0, 0.1) is 0 Å². The van der Waals surface area contributed by atoms with Gasteiger partial charge in [0.15, 0.2) is 9.84 Å². The van der Waals surface area contributed by atoms with Crippen molar-refractivity contribution in [3.05, 3.63) is 80.5 Å². The second kappa shape index (κ2) is 13.4. The number of carbonyl (C=O) groups is 1. The molecule has 2 heterocycles. The minimum atomic E-state index is -4.11. The lowest BCUT2D eigenvalue weighted by Crippen LogP contribution is -2.33. The number of carbonyl (C=O) groups excluding carboxylic acids is 1. The molecule has 0 unspecified atom stereocenters. The number of fused-ring (bicyclic) bond motifs is 1. The Bertz CT molecular complexity index is 1770. The number of nitrogens with one attached hydrogen (secondary N) is 2. The van der Waals surface area contributed by atoms with Crippen LogP contribution in [0.5, 0.6) is 0 Å². The molecule has 0 atom stereocenters. The van der Waals surface area contributed by atoms with E-state index in [1.165, 1.54) is 53.2 Å². The molecule has 2 amide bonds. The van der Waals surface area contributed by atoms with E-state index in [2.05, 4.69) is 5.32 Å². The molecule has 0 aliphatic rings. The molecule has 0 fully saturated rings. The van der Waals surface area contributed by atoms with Crippen LogP contribution >= 0.6 is 34.5 Å². The SMILES string of the molecule is CC.CC.CS(=O)(=O)c1ccc2ccn(-c3ccc(NC(=O)NS(=O)(=O)c4ccc(Cl)s4)cc3Cl)c(=O)c2c1. The minimum Gasteiger partial charge on any atom is -0.307 e. The van der Waals surface area contributed by atoms with Crippen LogP contribution in [-0.2, 0) is 19.9 Å². The summed E-state index contributed by atoms with van der Waals surface area (Å²) in [5.41, 5.74) is -0.0481. The van der Waals surface area contributed by atoms with E-state index in [1.807, 2.05) is 32.4 Å². The highest BCUT2D eigenvalue weighted by Crippen LogP contribution is 2.27. The number of hydrogen-bond acceptors (Lipinski definition) is 7. The predicted octanol–water partition coefficient (Wildman–Crippen LogP) is 6.33. The first-order valence-corrected chi connectivity index (χ1v) is 16.5. The van der Waals surface area contributed by atoms with Gasteiger partial charge in [0.2, 0.25) is 0 Å². The van der Waals surface area contributed by atoms with Gasteiger partial charge in [-0.15, -0.1) is 11.3 Å². The summed E-state index contributed by atoms with van der Waals surface area (Å²) < 4.78 is 51.5. The normalized spacial score (nSPS) is 11.1. The predicted molar refractivity (Wildman–Crippen MR) is 159 cm³/mol. The van der Waals surface area contributed by atoms with Gasteiger partial charge >= 0.3 is 6.03 Å². The number of nitrogens with zero attached hydrogens (tertiary/aromatic N) is 1. The van der Waals surface area contributed by atoms with Gasteiger partial charge in [-0.2, -0.15) is 0 Å². The van der Waals surface area contributed by atoms with Gasteiger partial charge in [0.25, 0.3) is 15.6 Å². The van der Waals surface area contributed by atoms with Crippen LogP contribution in [-0.4, -0.2) is 33.7 Å². The van der Waals surface area contributed by atoms with Crippen LogP contribution in [0.4, 0.5) is 10.5 Å². The lowest BCUT2D eigenvalue weighted by molar-refractivity contribution is 0.256. The maximum atomic E-state index is 13.1. The van der Waals surface area contributed by atoms with E-state index >= 15 is 0 Å². The molecule has 2 N–H and O–H groups in total. The summed E-state index contributed by atoms with van der Waals surface area (Å²) in [6, 6.07) is 11.8. The zero-order chi connectivity index (χ0) is 29.5. The average molecular weight is 633 g/mol.